The Labute approximate surface area is 181 Å². The van der Waals surface area contributed by atoms with E-state index in [2.05, 4.69) is 34.2 Å². The second-order valence-electron chi connectivity index (χ2n) is 8.73. The predicted octanol–water partition coefficient (Wildman–Crippen LogP) is 2.10. The standard InChI is InChI=1S/C24H26N4O3/c1-2-3-16-4-6-17(7-5-16)21-20(13-29)28(23(31)19-12-25-10-11-26-19)24(21)14-27(15-24)22(30)18-8-9-18/h2-7,10-12,18,20-21,29H,8-9,13-15H2,1H3/b3-2+/t20-,21-/m1/s1. The van der Waals surface area contributed by atoms with Gasteiger partial charge in [0.05, 0.1) is 24.4 Å². The maximum absolute atomic E-state index is 13.3. The van der Waals surface area contributed by atoms with E-state index in [0.29, 0.717) is 13.1 Å². The van der Waals surface area contributed by atoms with Crippen LogP contribution in [0.2, 0.25) is 0 Å². The summed E-state index contributed by atoms with van der Waals surface area (Å²) in [5.41, 5.74) is 1.92. The van der Waals surface area contributed by atoms with E-state index in [1.807, 2.05) is 24.0 Å². The molecular formula is C24H26N4O3. The summed E-state index contributed by atoms with van der Waals surface area (Å²) in [5, 5.41) is 10.2. The molecule has 3 heterocycles. The number of aliphatic hydroxyl groups excluding tert-OH is 1. The van der Waals surface area contributed by atoms with Gasteiger partial charge in [0, 0.05) is 37.3 Å². The zero-order valence-corrected chi connectivity index (χ0v) is 17.5. The molecule has 3 aliphatic rings. The minimum absolute atomic E-state index is 0.0407. The van der Waals surface area contributed by atoms with Crippen molar-refractivity contribution < 1.29 is 14.7 Å². The molecule has 1 spiro atoms. The molecule has 1 aliphatic carbocycles. The van der Waals surface area contributed by atoms with Crippen molar-refractivity contribution in [3.63, 3.8) is 0 Å². The highest BCUT2D eigenvalue weighted by Gasteiger charge is 2.68. The number of aliphatic hydroxyl groups is 1. The minimum Gasteiger partial charge on any atom is -0.394 e. The van der Waals surface area contributed by atoms with Gasteiger partial charge in [-0.15, -0.1) is 0 Å². The van der Waals surface area contributed by atoms with E-state index in [4.69, 9.17) is 0 Å². The van der Waals surface area contributed by atoms with Crippen LogP contribution >= 0.6 is 0 Å². The molecule has 5 rings (SSSR count). The number of nitrogens with zero attached hydrogens (tertiary/aromatic N) is 4. The van der Waals surface area contributed by atoms with Crippen molar-refractivity contribution >= 4 is 17.9 Å². The number of allylic oxidation sites excluding steroid dienone is 1. The Kier molecular flexibility index (Phi) is 4.85. The van der Waals surface area contributed by atoms with Gasteiger partial charge in [0.15, 0.2) is 0 Å². The van der Waals surface area contributed by atoms with E-state index in [1.54, 1.807) is 4.90 Å². The third-order valence-corrected chi connectivity index (χ3v) is 6.79. The molecular weight excluding hydrogens is 392 g/mol. The molecule has 3 fully saturated rings. The van der Waals surface area contributed by atoms with E-state index in [9.17, 15) is 14.7 Å². The van der Waals surface area contributed by atoms with Gasteiger partial charge in [0.25, 0.3) is 5.91 Å². The fraction of sp³-hybridized carbons (Fsp3) is 0.417. The maximum Gasteiger partial charge on any atom is 0.275 e. The van der Waals surface area contributed by atoms with Crippen molar-refractivity contribution in [3.05, 3.63) is 65.8 Å². The molecule has 160 valence electrons. The van der Waals surface area contributed by atoms with Crippen LogP contribution in [0.1, 0.15) is 47.3 Å². The number of carbonyl (C=O) groups excluding carboxylic acids is 2. The lowest BCUT2D eigenvalue weighted by Gasteiger charge is -2.70. The van der Waals surface area contributed by atoms with Gasteiger partial charge in [0.1, 0.15) is 5.69 Å². The Hall–Kier alpha value is -3.06. The normalized spacial score (nSPS) is 24.2. The van der Waals surface area contributed by atoms with E-state index in [-0.39, 0.29) is 42.0 Å². The number of likely N-dealkylation sites (tertiary alicyclic amines) is 2. The Morgan fingerprint density at radius 1 is 1.19 bits per heavy atom. The molecule has 1 N–H and O–H groups in total. The van der Waals surface area contributed by atoms with Gasteiger partial charge in [-0.05, 0) is 30.9 Å². The molecule has 0 radical (unpaired) electrons. The van der Waals surface area contributed by atoms with Crippen molar-refractivity contribution in [2.45, 2.75) is 37.3 Å². The van der Waals surface area contributed by atoms with Crippen LogP contribution in [0, 0.1) is 5.92 Å². The molecule has 1 aromatic heterocycles. The van der Waals surface area contributed by atoms with Gasteiger partial charge in [-0.1, -0.05) is 36.4 Å². The summed E-state index contributed by atoms with van der Waals surface area (Å²) < 4.78 is 0. The first-order valence-corrected chi connectivity index (χ1v) is 10.8. The van der Waals surface area contributed by atoms with Gasteiger partial charge in [0.2, 0.25) is 5.91 Å². The summed E-state index contributed by atoms with van der Waals surface area (Å²) in [6.07, 6.45) is 10.4. The number of amides is 2. The molecule has 1 saturated carbocycles. The van der Waals surface area contributed by atoms with E-state index in [1.165, 1.54) is 18.6 Å². The molecule has 2 saturated heterocycles. The molecule has 2 aromatic rings. The summed E-state index contributed by atoms with van der Waals surface area (Å²) >= 11 is 0. The Bertz CT molecular complexity index is 1010. The highest BCUT2D eigenvalue weighted by atomic mass is 16.3. The SMILES string of the molecule is C/C=C/c1ccc([C@@H]2[C@@H](CO)N(C(=O)c3cnccn3)C23CN(C(=O)C2CC2)C3)cc1. The van der Waals surface area contributed by atoms with E-state index < -0.39 is 5.54 Å². The van der Waals surface area contributed by atoms with Crippen molar-refractivity contribution in [3.8, 4) is 0 Å². The first kappa shape index (κ1) is 19.9. The number of benzene rings is 1. The lowest BCUT2D eigenvalue weighted by Crippen LogP contribution is -2.86. The highest BCUT2D eigenvalue weighted by Crippen LogP contribution is 2.55. The second kappa shape index (κ2) is 7.57. The number of carbonyl (C=O) groups is 2. The van der Waals surface area contributed by atoms with Gasteiger partial charge in [-0.2, -0.15) is 0 Å². The summed E-state index contributed by atoms with van der Waals surface area (Å²) in [6.45, 7) is 2.82. The Morgan fingerprint density at radius 3 is 2.52 bits per heavy atom. The topological polar surface area (TPSA) is 86.6 Å². The van der Waals surface area contributed by atoms with Crippen LogP contribution in [0.15, 0.2) is 48.9 Å². The highest BCUT2D eigenvalue weighted by molar-refractivity contribution is 5.94. The third-order valence-electron chi connectivity index (χ3n) is 6.79. The molecule has 2 aliphatic heterocycles. The molecule has 7 heteroatoms. The van der Waals surface area contributed by atoms with Crippen LogP contribution in [0.25, 0.3) is 6.08 Å². The third kappa shape index (κ3) is 3.15. The van der Waals surface area contributed by atoms with Crippen molar-refractivity contribution in [2.75, 3.05) is 19.7 Å². The Balaban J connectivity index is 1.47. The average Bonchev–Trinajstić information content (AvgIpc) is 3.59. The molecule has 1 aromatic carbocycles. The molecule has 2 amide bonds. The van der Waals surface area contributed by atoms with Gasteiger partial charge in [-0.3, -0.25) is 14.6 Å². The van der Waals surface area contributed by atoms with Crippen LogP contribution in [-0.4, -0.2) is 68.0 Å². The summed E-state index contributed by atoms with van der Waals surface area (Å²) in [5.74, 6) is 0.0504. The van der Waals surface area contributed by atoms with Gasteiger partial charge in [-0.25, -0.2) is 4.98 Å². The van der Waals surface area contributed by atoms with Crippen molar-refractivity contribution in [1.29, 1.82) is 0 Å². The van der Waals surface area contributed by atoms with Gasteiger partial charge < -0.3 is 14.9 Å². The molecule has 0 unspecified atom stereocenters. The summed E-state index contributed by atoms with van der Waals surface area (Å²) in [6, 6.07) is 7.88. The van der Waals surface area contributed by atoms with Crippen LogP contribution in [0.4, 0.5) is 0 Å². The van der Waals surface area contributed by atoms with Crippen LogP contribution in [0.5, 0.6) is 0 Å². The van der Waals surface area contributed by atoms with E-state index in [0.717, 1.165) is 24.0 Å². The summed E-state index contributed by atoms with van der Waals surface area (Å²) in [7, 11) is 0. The monoisotopic (exact) mass is 418 g/mol. The predicted molar refractivity (Wildman–Crippen MR) is 115 cm³/mol. The smallest absolute Gasteiger partial charge is 0.275 e. The number of hydrogen-bond acceptors (Lipinski definition) is 5. The van der Waals surface area contributed by atoms with Crippen LogP contribution in [0.3, 0.4) is 0 Å². The maximum atomic E-state index is 13.3. The fourth-order valence-corrected chi connectivity index (χ4v) is 5.23. The number of rotatable bonds is 5. The largest absolute Gasteiger partial charge is 0.394 e. The quantitative estimate of drug-likeness (QED) is 0.804. The second-order valence-corrected chi connectivity index (χ2v) is 8.73. The fourth-order valence-electron chi connectivity index (χ4n) is 5.23. The summed E-state index contributed by atoms with van der Waals surface area (Å²) in [4.78, 5) is 37.8. The molecule has 0 bridgehead atoms. The van der Waals surface area contributed by atoms with Crippen molar-refractivity contribution in [1.82, 2.24) is 19.8 Å². The van der Waals surface area contributed by atoms with Crippen molar-refractivity contribution in [2.24, 2.45) is 5.92 Å². The average molecular weight is 418 g/mol. The van der Waals surface area contributed by atoms with Crippen LogP contribution < -0.4 is 0 Å². The Morgan fingerprint density at radius 2 is 1.94 bits per heavy atom. The molecule has 7 nitrogen and oxygen atoms in total. The lowest BCUT2D eigenvalue weighted by atomic mass is 9.60. The minimum atomic E-state index is -0.519. The van der Waals surface area contributed by atoms with Gasteiger partial charge >= 0.3 is 0 Å². The first-order chi connectivity index (χ1) is 15.1. The zero-order valence-electron chi connectivity index (χ0n) is 17.5. The molecule has 31 heavy (non-hydrogen) atoms. The van der Waals surface area contributed by atoms with E-state index >= 15 is 0 Å². The zero-order chi connectivity index (χ0) is 21.6. The number of hydrogen-bond donors (Lipinski definition) is 1. The van der Waals surface area contributed by atoms with Crippen LogP contribution in [-0.2, 0) is 4.79 Å². The number of aromatic nitrogens is 2. The first-order valence-electron chi connectivity index (χ1n) is 10.8. The molecule has 2 atom stereocenters. The lowest BCUT2D eigenvalue weighted by molar-refractivity contribution is -0.179.